The van der Waals surface area contributed by atoms with Crippen LogP contribution >= 0.6 is 0 Å². The normalized spacial score (nSPS) is 17.7. The second-order valence-electron chi connectivity index (χ2n) is 7.62. The molecular weight excluding hydrogens is 342 g/mol. The van der Waals surface area contributed by atoms with Crippen LogP contribution in [0.3, 0.4) is 0 Å². The monoisotopic (exact) mass is 371 g/mol. The second kappa shape index (κ2) is 8.08. The van der Waals surface area contributed by atoms with Crippen molar-refractivity contribution in [1.29, 1.82) is 0 Å². The Kier molecular flexibility index (Phi) is 5.79. The van der Waals surface area contributed by atoms with Crippen LogP contribution in [0.15, 0.2) is 35.1 Å². The lowest BCUT2D eigenvalue weighted by Crippen LogP contribution is -2.45. The number of likely N-dealkylation sites (tertiary alicyclic amines) is 1. The zero-order valence-electron chi connectivity index (χ0n) is 16.6. The fraction of sp³-hybridized carbons (Fsp3) is 0.550. The molecule has 1 fully saturated rings. The number of hydrogen-bond donors (Lipinski definition) is 0. The van der Waals surface area contributed by atoms with Gasteiger partial charge in [-0.25, -0.2) is 14.0 Å². The van der Waals surface area contributed by atoms with Gasteiger partial charge in [-0.3, -0.25) is 9.69 Å². The van der Waals surface area contributed by atoms with Crippen molar-refractivity contribution in [1.82, 2.24) is 24.1 Å². The number of carbonyl (C=O) groups is 1. The summed E-state index contributed by atoms with van der Waals surface area (Å²) < 4.78 is 3.06. The van der Waals surface area contributed by atoms with Crippen LogP contribution in [-0.2, 0) is 11.8 Å². The van der Waals surface area contributed by atoms with Crippen molar-refractivity contribution in [2.45, 2.75) is 38.6 Å². The second-order valence-corrected chi connectivity index (χ2v) is 7.62. The molecule has 7 nitrogen and oxygen atoms in total. The molecule has 0 aliphatic carbocycles. The standard InChI is InChI=1S/C20H29N5O2/c1-15(2)22(3)14-18(26)24-12-8-9-16(13-24)19-21-23(4)20(27)25(19)17-10-6-5-7-11-17/h5-7,10-11,15-16H,8-9,12-14H2,1-4H3/t16-/m1/s1. The Labute approximate surface area is 160 Å². The number of amides is 1. The van der Waals surface area contributed by atoms with Crippen molar-refractivity contribution < 1.29 is 4.79 Å². The van der Waals surface area contributed by atoms with Gasteiger partial charge in [-0.05, 0) is 45.9 Å². The molecule has 1 aromatic carbocycles. The average Bonchev–Trinajstić information content (AvgIpc) is 2.97. The first-order valence-corrected chi connectivity index (χ1v) is 9.58. The number of benzene rings is 1. The number of aromatic nitrogens is 3. The number of aryl methyl sites for hydroxylation is 1. The number of hydrogen-bond acceptors (Lipinski definition) is 4. The van der Waals surface area contributed by atoms with E-state index in [0.29, 0.717) is 19.1 Å². The summed E-state index contributed by atoms with van der Waals surface area (Å²) in [6, 6.07) is 9.91. The smallest absolute Gasteiger partial charge is 0.341 e. The lowest BCUT2D eigenvalue weighted by Gasteiger charge is -2.34. The van der Waals surface area contributed by atoms with Gasteiger partial charge in [-0.2, -0.15) is 5.10 Å². The molecule has 27 heavy (non-hydrogen) atoms. The number of rotatable bonds is 5. The molecular formula is C20H29N5O2. The van der Waals surface area contributed by atoms with Crippen molar-refractivity contribution in [3.8, 4) is 5.69 Å². The van der Waals surface area contributed by atoms with E-state index in [2.05, 4.69) is 18.9 Å². The molecule has 1 amide bonds. The predicted octanol–water partition coefficient (Wildman–Crippen LogP) is 1.62. The molecule has 1 atom stereocenters. The first kappa shape index (κ1) is 19.4. The summed E-state index contributed by atoms with van der Waals surface area (Å²) in [5.41, 5.74) is 0.660. The van der Waals surface area contributed by atoms with Crippen LogP contribution < -0.4 is 5.69 Å². The molecule has 2 aromatic rings. The maximum atomic E-state index is 12.7. The van der Waals surface area contributed by atoms with Crippen LogP contribution in [0.25, 0.3) is 5.69 Å². The summed E-state index contributed by atoms with van der Waals surface area (Å²) in [4.78, 5) is 29.3. The molecule has 0 unspecified atom stereocenters. The van der Waals surface area contributed by atoms with Gasteiger partial charge in [0.25, 0.3) is 0 Å². The Hall–Kier alpha value is -2.41. The van der Waals surface area contributed by atoms with Gasteiger partial charge in [-0.15, -0.1) is 0 Å². The molecule has 1 aliphatic rings. The molecule has 0 bridgehead atoms. The van der Waals surface area contributed by atoms with E-state index in [1.54, 1.807) is 11.6 Å². The number of nitrogens with zero attached hydrogens (tertiary/aromatic N) is 5. The van der Waals surface area contributed by atoms with E-state index in [-0.39, 0.29) is 17.5 Å². The van der Waals surface area contributed by atoms with Crippen LogP contribution in [0, 0.1) is 0 Å². The zero-order chi connectivity index (χ0) is 19.6. The van der Waals surface area contributed by atoms with Crippen molar-refractivity contribution in [3.05, 3.63) is 46.6 Å². The Morgan fingerprint density at radius 2 is 2.00 bits per heavy atom. The van der Waals surface area contributed by atoms with E-state index in [1.807, 2.05) is 47.2 Å². The van der Waals surface area contributed by atoms with Crippen molar-refractivity contribution in [3.63, 3.8) is 0 Å². The number of piperidine rings is 1. The molecule has 0 N–H and O–H groups in total. The Morgan fingerprint density at radius 1 is 1.30 bits per heavy atom. The summed E-state index contributed by atoms with van der Waals surface area (Å²) in [7, 11) is 3.64. The highest BCUT2D eigenvalue weighted by Gasteiger charge is 2.30. The molecule has 1 saturated heterocycles. The molecule has 0 spiro atoms. The van der Waals surface area contributed by atoms with Crippen molar-refractivity contribution in [2.24, 2.45) is 7.05 Å². The minimum absolute atomic E-state index is 0.0566. The van der Waals surface area contributed by atoms with Gasteiger partial charge in [0, 0.05) is 32.1 Å². The minimum Gasteiger partial charge on any atom is -0.341 e. The number of carbonyl (C=O) groups excluding carboxylic acids is 1. The van der Waals surface area contributed by atoms with Gasteiger partial charge in [0.05, 0.1) is 12.2 Å². The summed E-state index contributed by atoms with van der Waals surface area (Å²) in [6.45, 7) is 5.95. The van der Waals surface area contributed by atoms with E-state index in [1.165, 1.54) is 4.68 Å². The van der Waals surface area contributed by atoms with Crippen LogP contribution in [0.4, 0.5) is 0 Å². The first-order chi connectivity index (χ1) is 12.9. The fourth-order valence-electron chi connectivity index (χ4n) is 3.48. The highest BCUT2D eigenvalue weighted by atomic mass is 16.2. The highest BCUT2D eigenvalue weighted by Crippen LogP contribution is 2.26. The molecule has 0 saturated carbocycles. The Balaban J connectivity index is 1.84. The van der Waals surface area contributed by atoms with E-state index in [9.17, 15) is 9.59 Å². The summed E-state index contributed by atoms with van der Waals surface area (Å²) in [5.74, 6) is 0.935. The SMILES string of the molecule is CC(C)N(C)CC(=O)N1CCC[C@@H](c2nn(C)c(=O)n2-c2ccccc2)C1. The van der Waals surface area contributed by atoms with Gasteiger partial charge in [-0.1, -0.05) is 18.2 Å². The lowest BCUT2D eigenvalue weighted by molar-refractivity contribution is -0.133. The third kappa shape index (κ3) is 4.13. The molecule has 3 rings (SSSR count). The molecule has 1 aromatic heterocycles. The first-order valence-electron chi connectivity index (χ1n) is 9.58. The van der Waals surface area contributed by atoms with Crippen LogP contribution in [0.5, 0.6) is 0 Å². The van der Waals surface area contributed by atoms with E-state index in [0.717, 1.165) is 30.9 Å². The molecule has 146 valence electrons. The molecule has 2 heterocycles. The quantitative estimate of drug-likeness (QED) is 0.801. The third-order valence-electron chi connectivity index (χ3n) is 5.37. The Bertz CT molecular complexity index is 840. The summed E-state index contributed by atoms with van der Waals surface area (Å²) >= 11 is 0. The average molecular weight is 371 g/mol. The highest BCUT2D eigenvalue weighted by molar-refractivity contribution is 5.78. The van der Waals surface area contributed by atoms with Gasteiger partial charge in [0.1, 0.15) is 5.82 Å². The van der Waals surface area contributed by atoms with E-state index in [4.69, 9.17) is 0 Å². The predicted molar refractivity (Wildman–Crippen MR) is 105 cm³/mol. The lowest BCUT2D eigenvalue weighted by atomic mass is 9.97. The van der Waals surface area contributed by atoms with E-state index >= 15 is 0 Å². The van der Waals surface area contributed by atoms with Crippen molar-refractivity contribution >= 4 is 5.91 Å². The third-order valence-corrected chi connectivity index (χ3v) is 5.37. The van der Waals surface area contributed by atoms with Gasteiger partial charge in [0.2, 0.25) is 5.91 Å². The largest absolute Gasteiger partial charge is 0.350 e. The maximum Gasteiger partial charge on any atom is 0.350 e. The van der Waals surface area contributed by atoms with Gasteiger partial charge >= 0.3 is 5.69 Å². The minimum atomic E-state index is -0.154. The van der Waals surface area contributed by atoms with Crippen molar-refractivity contribution in [2.75, 3.05) is 26.7 Å². The van der Waals surface area contributed by atoms with E-state index < -0.39 is 0 Å². The topological polar surface area (TPSA) is 63.4 Å². The summed E-state index contributed by atoms with van der Waals surface area (Å²) in [6.07, 6.45) is 1.84. The Morgan fingerprint density at radius 3 is 2.67 bits per heavy atom. The van der Waals surface area contributed by atoms with Crippen LogP contribution in [-0.4, -0.2) is 62.8 Å². The maximum absolute atomic E-state index is 12.7. The molecule has 7 heteroatoms. The molecule has 1 aliphatic heterocycles. The number of para-hydroxylation sites is 1. The van der Waals surface area contributed by atoms with Gasteiger partial charge < -0.3 is 4.90 Å². The van der Waals surface area contributed by atoms with Crippen LogP contribution in [0.2, 0.25) is 0 Å². The van der Waals surface area contributed by atoms with Crippen LogP contribution in [0.1, 0.15) is 38.4 Å². The van der Waals surface area contributed by atoms with Gasteiger partial charge in [0.15, 0.2) is 0 Å². The molecule has 0 radical (unpaired) electrons. The fourth-order valence-corrected chi connectivity index (χ4v) is 3.48. The number of likely N-dealkylation sites (N-methyl/N-ethyl adjacent to an activating group) is 1. The zero-order valence-corrected chi connectivity index (χ0v) is 16.6. The summed E-state index contributed by atoms with van der Waals surface area (Å²) in [5, 5.41) is 4.51.